The summed E-state index contributed by atoms with van der Waals surface area (Å²) in [6.45, 7) is 14.6. The summed E-state index contributed by atoms with van der Waals surface area (Å²) < 4.78 is 0. The van der Waals surface area contributed by atoms with E-state index in [9.17, 15) is 0 Å². The lowest BCUT2D eigenvalue weighted by molar-refractivity contribution is 0.0842. The van der Waals surface area contributed by atoms with Crippen LogP contribution >= 0.6 is 0 Å². The Bertz CT molecular complexity index is 276. The summed E-state index contributed by atoms with van der Waals surface area (Å²) in [7, 11) is 2.17. The third-order valence-corrected chi connectivity index (χ3v) is 6.46. The highest BCUT2D eigenvalue weighted by molar-refractivity contribution is 4.88. The van der Waals surface area contributed by atoms with E-state index < -0.39 is 0 Å². The number of hydrogen-bond donors (Lipinski definition) is 1. The standard InChI is InChI=1S/C21H43N/c1-8-9-10-11-19-14-18(12-13-20(19)22-7)17(6)21(15(2)3)16(4)5/h15-22H,8-14H2,1-7H3. The second kappa shape index (κ2) is 9.96. The second-order valence-electron chi connectivity index (χ2n) is 8.65. The molecule has 0 aromatic rings. The fourth-order valence-electron chi connectivity index (χ4n) is 5.43. The van der Waals surface area contributed by atoms with Crippen molar-refractivity contribution in [3.8, 4) is 0 Å². The Morgan fingerprint density at radius 2 is 1.59 bits per heavy atom. The van der Waals surface area contributed by atoms with Crippen molar-refractivity contribution in [1.82, 2.24) is 5.32 Å². The summed E-state index contributed by atoms with van der Waals surface area (Å²) in [6.07, 6.45) is 9.92. The Morgan fingerprint density at radius 1 is 0.955 bits per heavy atom. The molecule has 1 nitrogen and oxygen atoms in total. The highest BCUT2D eigenvalue weighted by Gasteiger charge is 2.36. The molecule has 4 unspecified atom stereocenters. The molecule has 0 radical (unpaired) electrons. The van der Waals surface area contributed by atoms with Crippen LogP contribution in [0.25, 0.3) is 0 Å². The average Bonchev–Trinajstić information content (AvgIpc) is 2.46. The summed E-state index contributed by atoms with van der Waals surface area (Å²) in [5.74, 6) is 5.26. The predicted molar refractivity (Wildman–Crippen MR) is 100 cm³/mol. The van der Waals surface area contributed by atoms with Gasteiger partial charge in [-0.15, -0.1) is 0 Å². The van der Waals surface area contributed by atoms with Gasteiger partial charge in [0.25, 0.3) is 0 Å². The zero-order valence-corrected chi connectivity index (χ0v) is 16.5. The van der Waals surface area contributed by atoms with E-state index in [0.29, 0.717) is 0 Å². The minimum Gasteiger partial charge on any atom is -0.317 e. The van der Waals surface area contributed by atoms with Crippen molar-refractivity contribution in [2.75, 3.05) is 7.05 Å². The third-order valence-electron chi connectivity index (χ3n) is 6.46. The molecule has 0 bridgehead atoms. The molecular formula is C21H43N. The van der Waals surface area contributed by atoms with E-state index in [1.54, 1.807) is 0 Å². The first kappa shape index (κ1) is 20.0. The fraction of sp³-hybridized carbons (Fsp3) is 1.00. The van der Waals surface area contributed by atoms with Gasteiger partial charge in [0, 0.05) is 6.04 Å². The van der Waals surface area contributed by atoms with Crippen LogP contribution in [0.3, 0.4) is 0 Å². The van der Waals surface area contributed by atoms with Gasteiger partial charge >= 0.3 is 0 Å². The molecule has 0 aromatic heterocycles. The lowest BCUT2D eigenvalue weighted by atomic mass is 9.64. The molecule has 0 heterocycles. The van der Waals surface area contributed by atoms with E-state index >= 15 is 0 Å². The minimum atomic E-state index is 0.775. The van der Waals surface area contributed by atoms with Gasteiger partial charge in [0.15, 0.2) is 0 Å². The Balaban J connectivity index is 2.67. The molecule has 1 rings (SSSR count). The van der Waals surface area contributed by atoms with Crippen LogP contribution < -0.4 is 5.32 Å². The molecule has 0 saturated heterocycles. The molecule has 0 aliphatic heterocycles. The van der Waals surface area contributed by atoms with Crippen LogP contribution in [0.2, 0.25) is 0 Å². The highest BCUT2D eigenvalue weighted by atomic mass is 14.9. The van der Waals surface area contributed by atoms with Gasteiger partial charge in [-0.25, -0.2) is 0 Å². The van der Waals surface area contributed by atoms with Crippen molar-refractivity contribution in [3.05, 3.63) is 0 Å². The number of unbranched alkanes of at least 4 members (excludes halogenated alkanes) is 2. The van der Waals surface area contributed by atoms with Crippen LogP contribution in [0.4, 0.5) is 0 Å². The van der Waals surface area contributed by atoms with E-state index in [-0.39, 0.29) is 0 Å². The maximum atomic E-state index is 3.62. The zero-order chi connectivity index (χ0) is 16.7. The van der Waals surface area contributed by atoms with Crippen LogP contribution in [0.5, 0.6) is 0 Å². The van der Waals surface area contributed by atoms with Gasteiger partial charge in [-0.05, 0) is 68.2 Å². The van der Waals surface area contributed by atoms with Crippen molar-refractivity contribution < 1.29 is 0 Å². The predicted octanol–water partition coefficient (Wildman–Crippen LogP) is 6.14. The Hall–Kier alpha value is -0.0400. The van der Waals surface area contributed by atoms with E-state index in [2.05, 4.69) is 53.9 Å². The topological polar surface area (TPSA) is 12.0 Å². The summed E-state index contributed by atoms with van der Waals surface area (Å²) >= 11 is 0. The summed E-state index contributed by atoms with van der Waals surface area (Å²) in [6, 6.07) is 0.775. The van der Waals surface area contributed by atoms with Crippen molar-refractivity contribution >= 4 is 0 Å². The molecule has 22 heavy (non-hydrogen) atoms. The number of hydrogen-bond acceptors (Lipinski definition) is 1. The summed E-state index contributed by atoms with van der Waals surface area (Å²) in [4.78, 5) is 0. The first-order chi connectivity index (χ1) is 10.4. The quantitative estimate of drug-likeness (QED) is 0.505. The van der Waals surface area contributed by atoms with Gasteiger partial charge in [0.2, 0.25) is 0 Å². The van der Waals surface area contributed by atoms with E-state index in [1.807, 2.05) is 0 Å². The van der Waals surface area contributed by atoms with E-state index in [1.165, 1.54) is 44.9 Å². The van der Waals surface area contributed by atoms with Crippen molar-refractivity contribution in [1.29, 1.82) is 0 Å². The SMILES string of the molecule is CCCCCC1CC(C(C)C(C(C)C)C(C)C)CCC1NC. The fourth-order valence-corrected chi connectivity index (χ4v) is 5.43. The van der Waals surface area contributed by atoms with Gasteiger partial charge in [0.1, 0.15) is 0 Å². The molecule has 1 aliphatic rings. The first-order valence-electron chi connectivity index (χ1n) is 10.1. The molecule has 0 spiro atoms. The molecule has 4 atom stereocenters. The smallest absolute Gasteiger partial charge is 0.00925 e. The van der Waals surface area contributed by atoms with Crippen molar-refractivity contribution in [3.63, 3.8) is 0 Å². The Kier molecular flexibility index (Phi) is 9.05. The van der Waals surface area contributed by atoms with Crippen LogP contribution in [0.15, 0.2) is 0 Å². The lowest BCUT2D eigenvalue weighted by Gasteiger charge is -2.43. The molecule has 0 amide bonds. The van der Waals surface area contributed by atoms with Crippen molar-refractivity contribution in [2.24, 2.45) is 35.5 Å². The molecule has 1 aliphatic carbocycles. The maximum Gasteiger partial charge on any atom is 0.00925 e. The molecule has 132 valence electrons. The van der Waals surface area contributed by atoms with Crippen LogP contribution in [-0.4, -0.2) is 13.1 Å². The highest BCUT2D eigenvalue weighted by Crippen LogP contribution is 2.42. The normalized spacial score (nSPS) is 27.8. The third kappa shape index (κ3) is 5.55. The largest absolute Gasteiger partial charge is 0.317 e. The molecule has 0 aromatic carbocycles. The van der Waals surface area contributed by atoms with E-state index in [0.717, 1.165) is 41.5 Å². The van der Waals surface area contributed by atoms with Crippen LogP contribution in [0.1, 0.15) is 86.5 Å². The van der Waals surface area contributed by atoms with Crippen LogP contribution in [0, 0.1) is 35.5 Å². The molecular weight excluding hydrogens is 266 g/mol. The zero-order valence-electron chi connectivity index (χ0n) is 16.5. The molecule has 1 fully saturated rings. The van der Waals surface area contributed by atoms with Gasteiger partial charge < -0.3 is 5.32 Å². The van der Waals surface area contributed by atoms with Crippen LogP contribution in [-0.2, 0) is 0 Å². The second-order valence-corrected chi connectivity index (χ2v) is 8.65. The van der Waals surface area contributed by atoms with Gasteiger partial charge in [-0.3, -0.25) is 0 Å². The first-order valence-corrected chi connectivity index (χ1v) is 10.1. The average molecular weight is 310 g/mol. The van der Waals surface area contributed by atoms with Crippen molar-refractivity contribution in [2.45, 2.75) is 92.5 Å². The molecule has 1 N–H and O–H groups in total. The van der Waals surface area contributed by atoms with Gasteiger partial charge in [-0.1, -0.05) is 60.8 Å². The monoisotopic (exact) mass is 309 g/mol. The molecule has 1 saturated carbocycles. The van der Waals surface area contributed by atoms with Gasteiger partial charge in [-0.2, -0.15) is 0 Å². The number of nitrogens with one attached hydrogen (secondary N) is 1. The summed E-state index contributed by atoms with van der Waals surface area (Å²) in [5.41, 5.74) is 0. The summed E-state index contributed by atoms with van der Waals surface area (Å²) in [5, 5.41) is 3.62. The lowest BCUT2D eigenvalue weighted by Crippen LogP contribution is -2.41. The Morgan fingerprint density at radius 3 is 2.09 bits per heavy atom. The van der Waals surface area contributed by atoms with E-state index in [4.69, 9.17) is 0 Å². The Labute approximate surface area is 141 Å². The molecule has 1 heteroatoms. The van der Waals surface area contributed by atoms with Gasteiger partial charge in [0.05, 0.1) is 0 Å². The maximum absolute atomic E-state index is 3.62. The minimum absolute atomic E-state index is 0.775. The number of rotatable bonds is 9.